The highest BCUT2D eigenvalue weighted by molar-refractivity contribution is 7.91. The smallest absolute Gasteiger partial charge is 0.221 e. The molecule has 0 saturated heterocycles. The fourth-order valence-electron chi connectivity index (χ4n) is 1.54. The fraction of sp³-hybridized carbons (Fsp3) is 0.462. The topological polar surface area (TPSA) is 66.5 Å². The van der Waals surface area contributed by atoms with Gasteiger partial charge in [0.25, 0.3) is 0 Å². The Bertz CT molecular complexity index is 558. The molecule has 20 heavy (non-hydrogen) atoms. The predicted octanol–water partition coefficient (Wildman–Crippen LogP) is 1.18. The second-order valence-electron chi connectivity index (χ2n) is 4.65. The zero-order chi connectivity index (χ0) is 15.2. The Morgan fingerprint density at radius 2 is 1.95 bits per heavy atom. The van der Waals surface area contributed by atoms with Crippen LogP contribution in [-0.2, 0) is 14.6 Å². The normalized spacial score (nSPS) is 11.6. The number of rotatable bonds is 7. The van der Waals surface area contributed by atoms with Crippen molar-refractivity contribution < 1.29 is 13.2 Å². The van der Waals surface area contributed by atoms with Gasteiger partial charge >= 0.3 is 0 Å². The largest absolute Gasteiger partial charge is 0.355 e. The van der Waals surface area contributed by atoms with Crippen molar-refractivity contribution in [2.75, 3.05) is 32.9 Å². The average molecular weight is 319 g/mol. The summed E-state index contributed by atoms with van der Waals surface area (Å²) >= 11 is 5.86. The number of halogens is 1. The Balaban J connectivity index is 2.52. The standard InChI is InChI=1S/C13H19ClN2O3S/c1-16(2)9-8-15-13(17)7-10-20(18,19)12-6-4-3-5-11(12)14/h3-6H,7-10H2,1-2H3,(H,15,17). The molecule has 0 radical (unpaired) electrons. The van der Waals surface area contributed by atoms with Crippen LogP contribution in [-0.4, -0.2) is 52.2 Å². The van der Waals surface area contributed by atoms with Gasteiger partial charge in [0.05, 0.1) is 15.7 Å². The van der Waals surface area contributed by atoms with Gasteiger partial charge in [-0.3, -0.25) is 4.79 Å². The van der Waals surface area contributed by atoms with E-state index >= 15 is 0 Å². The molecule has 7 heteroatoms. The van der Waals surface area contributed by atoms with Gasteiger partial charge < -0.3 is 10.2 Å². The lowest BCUT2D eigenvalue weighted by atomic mass is 10.4. The van der Waals surface area contributed by atoms with E-state index in [4.69, 9.17) is 11.6 Å². The molecule has 0 unspecified atom stereocenters. The first-order valence-electron chi connectivity index (χ1n) is 6.21. The Morgan fingerprint density at radius 1 is 1.30 bits per heavy atom. The molecular formula is C13H19ClN2O3S. The van der Waals surface area contributed by atoms with E-state index in [-0.39, 0.29) is 28.0 Å². The summed E-state index contributed by atoms with van der Waals surface area (Å²) < 4.78 is 24.1. The van der Waals surface area contributed by atoms with E-state index in [0.29, 0.717) is 13.1 Å². The number of hydrogen-bond acceptors (Lipinski definition) is 4. The van der Waals surface area contributed by atoms with Crippen molar-refractivity contribution in [3.63, 3.8) is 0 Å². The molecule has 1 aromatic carbocycles. The Morgan fingerprint density at radius 3 is 2.55 bits per heavy atom. The van der Waals surface area contributed by atoms with E-state index in [0.717, 1.165) is 0 Å². The van der Waals surface area contributed by atoms with Gasteiger partial charge in [0.1, 0.15) is 0 Å². The molecule has 0 aliphatic rings. The van der Waals surface area contributed by atoms with E-state index in [1.165, 1.54) is 12.1 Å². The Kier molecular flexibility index (Phi) is 6.45. The molecule has 112 valence electrons. The fourth-order valence-corrected chi connectivity index (χ4v) is 3.35. The summed E-state index contributed by atoms with van der Waals surface area (Å²) in [6.45, 7) is 1.21. The number of amides is 1. The number of sulfone groups is 1. The molecule has 0 bridgehead atoms. The van der Waals surface area contributed by atoms with Crippen molar-refractivity contribution in [1.29, 1.82) is 0 Å². The maximum Gasteiger partial charge on any atom is 0.221 e. The average Bonchev–Trinajstić information content (AvgIpc) is 2.36. The van der Waals surface area contributed by atoms with Crippen LogP contribution in [0.25, 0.3) is 0 Å². The van der Waals surface area contributed by atoms with Crippen LogP contribution in [0.1, 0.15) is 6.42 Å². The zero-order valence-corrected chi connectivity index (χ0v) is 13.2. The molecule has 0 fully saturated rings. The van der Waals surface area contributed by atoms with Crippen LogP contribution >= 0.6 is 11.6 Å². The summed E-state index contributed by atoms with van der Waals surface area (Å²) in [4.78, 5) is 13.6. The van der Waals surface area contributed by atoms with Crippen LogP contribution in [0.4, 0.5) is 0 Å². The highest BCUT2D eigenvalue weighted by Crippen LogP contribution is 2.21. The SMILES string of the molecule is CN(C)CCNC(=O)CCS(=O)(=O)c1ccccc1Cl. The Labute approximate surface area is 124 Å². The van der Waals surface area contributed by atoms with Crippen LogP contribution in [0.5, 0.6) is 0 Å². The maximum absolute atomic E-state index is 12.1. The van der Waals surface area contributed by atoms with Crippen molar-refractivity contribution in [3.8, 4) is 0 Å². The lowest BCUT2D eigenvalue weighted by molar-refractivity contribution is -0.120. The predicted molar refractivity (Wildman–Crippen MR) is 79.7 cm³/mol. The number of benzene rings is 1. The highest BCUT2D eigenvalue weighted by Gasteiger charge is 2.18. The van der Waals surface area contributed by atoms with Gasteiger partial charge in [-0.2, -0.15) is 0 Å². The van der Waals surface area contributed by atoms with Gasteiger partial charge in [0.15, 0.2) is 9.84 Å². The monoisotopic (exact) mass is 318 g/mol. The third kappa shape index (κ3) is 5.48. The molecule has 0 aliphatic heterocycles. The number of nitrogens with one attached hydrogen (secondary N) is 1. The Hall–Kier alpha value is -1.11. The third-order valence-corrected chi connectivity index (χ3v) is 4.86. The summed E-state index contributed by atoms with van der Waals surface area (Å²) in [6, 6.07) is 6.23. The molecule has 0 saturated carbocycles. The lowest BCUT2D eigenvalue weighted by Crippen LogP contribution is -2.32. The van der Waals surface area contributed by atoms with Gasteiger partial charge in [-0.25, -0.2) is 8.42 Å². The molecule has 0 aromatic heterocycles. The molecule has 1 N–H and O–H groups in total. The van der Waals surface area contributed by atoms with Crippen molar-refractivity contribution in [1.82, 2.24) is 10.2 Å². The first kappa shape index (κ1) is 16.9. The second kappa shape index (κ2) is 7.61. The van der Waals surface area contributed by atoms with Crippen LogP contribution in [0.2, 0.25) is 5.02 Å². The van der Waals surface area contributed by atoms with Gasteiger partial charge in [-0.15, -0.1) is 0 Å². The number of hydrogen-bond donors (Lipinski definition) is 1. The van der Waals surface area contributed by atoms with E-state index < -0.39 is 9.84 Å². The summed E-state index contributed by atoms with van der Waals surface area (Å²) in [5.74, 6) is -0.521. The molecular weight excluding hydrogens is 300 g/mol. The van der Waals surface area contributed by atoms with Crippen LogP contribution in [0.3, 0.4) is 0 Å². The summed E-state index contributed by atoms with van der Waals surface area (Å²) in [5.41, 5.74) is 0. The minimum absolute atomic E-state index is 0.0685. The summed E-state index contributed by atoms with van der Waals surface area (Å²) in [6.07, 6.45) is -0.0685. The van der Waals surface area contributed by atoms with Crippen LogP contribution in [0.15, 0.2) is 29.2 Å². The minimum Gasteiger partial charge on any atom is -0.355 e. The van der Waals surface area contributed by atoms with Crippen molar-refractivity contribution in [2.24, 2.45) is 0 Å². The molecule has 0 spiro atoms. The van der Waals surface area contributed by atoms with E-state index in [1.807, 2.05) is 19.0 Å². The molecule has 0 aliphatic carbocycles. The zero-order valence-electron chi connectivity index (χ0n) is 11.6. The third-order valence-electron chi connectivity index (χ3n) is 2.65. The number of nitrogens with zero attached hydrogens (tertiary/aromatic N) is 1. The molecule has 1 amide bonds. The molecule has 5 nitrogen and oxygen atoms in total. The second-order valence-corrected chi connectivity index (χ2v) is 7.14. The van der Waals surface area contributed by atoms with E-state index in [1.54, 1.807) is 12.1 Å². The lowest BCUT2D eigenvalue weighted by Gasteiger charge is -2.10. The van der Waals surface area contributed by atoms with Crippen LogP contribution in [0, 0.1) is 0 Å². The minimum atomic E-state index is -3.53. The quantitative estimate of drug-likeness (QED) is 0.820. The molecule has 0 atom stereocenters. The highest BCUT2D eigenvalue weighted by atomic mass is 35.5. The molecule has 0 heterocycles. The van der Waals surface area contributed by atoms with Crippen molar-refractivity contribution >= 4 is 27.3 Å². The number of likely N-dealkylation sites (N-methyl/N-ethyl adjacent to an activating group) is 1. The van der Waals surface area contributed by atoms with Gasteiger partial charge in [0, 0.05) is 19.5 Å². The van der Waals surface area contributed by atoms with Crippen molar-refractivity contribution in [2.45, 2.75) is 11.3 Å². The number of carbonyl (C=O) groups excluding carboxylic acids is 1. The van der Waals surface area contributed by atoms with Gasteiger partial charge in [-0.1, -0.05) is 23.7 Å². The van der Waals surface area contributed by atoms with Crippen molar-refractivity contribution in [3.05, 3.63) is 29.3 Å². The van der Waals surface area contributed by atoms with Gasteiger partial charge in [0.2, 0.25) is 5.91 Å². The maximum atomic E-state index is 12.1. The van der Waals surface area contributed by atoms with Crippen LogP contribution < -0.4 is 5.32 Å². The first-order chi connectivity index (χ1) is 9.33. The first-order valence-corrected chi connectivity index (χ1v) is 8.24. The summed E-state index contributed by atoms with van der Waals surface area (Å²) in [5, 5.41) is 2.86. The number of carbonyl (C=O) groups is 1. The van der Waals surface area contributed by atoms with Gasteiger partial charge in [-0.05, 0) is 26.2 Å². The van der Waals surface area contributed by atoms with E-state index in [9.17, 15) is 13.2 Å². The molecule has 1 aromatic rings. The molecule has 1 rings (SSSR count). The summed E-state index contributed by atoms with van der Waals surface area (Å²) in [7, 11) is 0.263. The van der Waals surface area contributed by atoms with E-state index in [2.05, 4.69) is 5.32 Å².